The van der Waals surface area contributed by atoms with Crippen LogP contribution in [0, 0.1) is 18.7 Å². The van der Waals surface area contributed by atoms with Crippen molar-refractivity contribution < 1.29 is 28.2 Å². The minimum absolute atomic E-state index is 0.0169. The number of ether oxygens (including phenoxy) is 1. The molecule has 1 aliphatic rings. The van der Waals surface area contributed by atoms with E-state index in [0.29, 0.717) is 48.2 Å². The summed E-state index contributed by atoms with van der Waals surface area (Å²) in [6, 6.07) is 11.8. The normalized spacial score (nSPS) is 17.7. The van der Waals surface area contributed by atoms with E-state index >= 15 is 0 Å². The van der Waals surface area contributed by atoms with Gasteiger partial charge in [0, 0.05) is 12.2 Å². The number of rotatable bonds is 8. The van der Waals surface area contributed by atoms with Gasteiger partial charge in [-0.25, -0.2) is 4.39 Å². The minimum Gasteiger partial charge on any atom is -0.490 e. The fourth-order valence-corrected chi connectivity index (χ4v) is 3.73. The van der Waals surface area contributed by atoms with Gasteiger partial charge in [0.05, 0.1) is 12.0 Å². The van der Waals surface area contributed by atoms with Crippen LogP contribution in [0.4, 0.5) is 16.1 Å². The average Bonchev–Trinajstić information content (AvgIpc) is 3.31. The van der Waals surface area contributed by atoms with E-state index in [1.807, 2.05) is 0 Å². The summed E-state index contributed by atoms with van der Waals surface area (Å²) in [6.45, 7) is 1.95. The molecule has 3 N–H and O–H groups in total. The largest absolute Gasteiger partial charge is 0.490 e. The number of nitrogens with one attached hydrogen (secondary N) is 2. The zero-order valence-corrected chi connectivity index (χ0v) is 18.6. The number of carbonyl (C=O) groups is 2. The van der Waals surface area contributed by atoms with E-state index in [-0.39, 0.29) is 36.3 Å². The number of aryl methyl sites for hydroxylation is 1. The van der Waals surface area contributed by atoms with E-state index in [4.69, 9.17) is 14.3 Å². The highest BCUT2D eigenvalue weighted by Gasteiger charge is 2.26. The Labute approximate surface area is 195 Å². The van der Waals surface area contributed by atoms with Crippen LogP contribution in [0.1, 0.15) is 47.5 Å². The standard InChI is InChI=1S/C24H25FN4O5/c1-14-2-3-15(12-20(14)25)13-26-24-29-28-22(34-24)21(30)27-17-6-10-19(11-7-17)33-18-8-4-16(5-9-18)23(31)32/h2-3,6-7,10-12,16,18H,4-5,8-9,13H2,1H3,(H,26,29)(H,27,30)(H,31,32). The van der Waals surface area contributed by atoms with Crippen LogP contribution in [0.15, 0.2) is 46.9 Å². The van der Waals surface area contributed by atoms with Crippen LogP contribution >= 0.6 is 0 Å². The first-order chi connectivity index (χ1) is 16.4. The zero-order chi connectivity index (χ0) is 24.1. The number of aliphatic carboxylic acids is 1. The molecule has 0 spiro atoms. The van der Waals surface area contributed by atoms with Crippen molar-refractivity contribution in [1.82, 2.24) is 10.2 Å². The van der Waals surface area contributed by atoms with Gasteiger partial charge in [-0.15, -0.1) is 5.10 Å². The number of amides is 1. The molecule has 1 amide bonds. The SMILES string of the molecule is Cc1ccc(CNc2nnc(C(=O)Nc3ccc(OC4CCC(C(=O)O)CC4)cc3)o2)cc1F. The molecule has 3 aromatic rings. The molecule has 178 valence electrons. The van der Waals surface area contributed by atoms with Crippen molar-refractivity contribution in [3.8, 4) is 5.75 Å². The van der Waals surface area contributed by atoms with Gasteiger partial charge >= 0.3 is 23.8 Å². The quantitative estimate of drug-likeness (QED) is 0.444. The lowest BCUT2D eigenvalue weighted by molar-refractivity contribution is -0.143. The van der Waals surface area contributed by atoms with Gasteiger partial charge in [-0.2, -0.15) is 0 Å². The fourth-order valence-electron chi connectivity index (χ4n) is 3.73. The number of hydrogen-bond donors (Lipinski definition) is 3. The van der Waals surface area contributed by atoms with Gasteiger partial charge < -0.3 is 24.9 Å². The number of carbonyl (C=O) groups excluding carboxylic acids is 1. The molecule has 34 heavy (non-hydrogen) atoms. The maximum Gasteiger partial charge on any atom is 0.316 e. The molecule has 1 aromatic heterocycles. The number of benzene rings is 2. The smallest absolute Gasteiger partial charge is 0.316 e. The Morgan fingerprint density at radius 2 is 1.85 bits per heavy atom. The van der Waals surface area contributed by atoms with Crippen molar-refractivity contribution in [2.75, 3.05) is 10.6 Å². The summed E-state index contributed by atoms with van der Waals surface area (Å²) < 4.78 is 24.9. The first-order valence-corrected chi connectivity index (χ1v) is 11.0. The molecule has 0 aliphatic heterocycles. The minimum atomic E-state index is -0.746. The molecule has 4 rings (SSSR count). The molecule has 10 heteroatoms. The molecule has 1 saturated carbocycles. The number of anilines is 2. The van der Waals surface area contributed by atoms with Crippen LogP contribution < -0.4 is 15.4 Å². The van der Waals surface area contributed by atoms with Crippen molar-refractivity contribution >= 4 is 23.6 Å². The van der Waals surface area contributed by atoms with Crippen molar-refractivity contribution in [2.24, 2.45) is 5.92 Å². The lowest BCUT2D eigenvalue weighted by atomic mass is 9.87. The third kappa shape index (κ3) is 5.89. The van der Waals surface area contributed by atoms with E-state index in [1.165, 1.54) is 6.07 Å². The van der Waals surface area contributed by atoms with Crippen LogP contribution in [0.3, 0.4) is 0 Å². The molecule has 0 unspecified atom stereocenters. The monoisotopic (exact) mass is 468 g/mol. The first kappa shape index (κ1) is 23.2. The molecule has 2 aromatic carbocycles. The Morgan fingerprint density at radius 1 is 1.12 bits per heavy atom. The van der Waals surface area contributed by atoms with E-state index in [0.717, 1.165) is 0 Å². The van der Waals surface area contributed by atoms with Crippen LogP contribution in [0.5, 0.6) is 5.75 Å². The van der Waals surface area contributed by atoms with Gasteiger partial charge in [-0.05, 0) is 74.1 Å². The predicted molar refractivity (Wildman–Crippen MR) is 121 cm³/mol. The van der Waals surface area contributed by atoms with Gasteiger partial charge in [0.25, 0.3) is 0 Å². The molecule has 0 bridgehead atoms. The summed E-state index contributed by atoms with van der Waals surface area (Å²) in [5.41, 5.74) is 1.78. The maximum absolute atomic E-state index is 13.6. The third-order valence-corrected chi connectivity index (χ3v) is 5.74. The fraction of sp³-hybridized carbons (Fsp3) is 0.333. The van der Waals surface area contributed by atoms with Crippen LogP contribution in [0.2, 0.25) is 0 Å². The van der Waals surface area contributed by atoms with Gasteiger partial charge in [-0.1, -0.05) is 17.2 Å². The van der Waals surface area contributed by atoms with Gasteiger partial charge in [0.15, 0.2) is 0 Å². The van der Waals surface area contributed by atoms with Gasteiger partial charge in [0.1, 0.15) is 11.6 Å². The number of nitrogens with zero attached hydrogens (tertiary/aromatic N) is 2. The maximum atomic E-state index is 13.6. The summed E-state index contributed by atoms with van der Waals surface area (Å²) in [7, 11) is 0. The number of halogens is 1. The summed E-state index contributed by atoms with van der Waals surface area (Å²) >= 11 is 0. The summed E-state index contributed by atoms with van der Waals surface area (Å²) in [4.78, 5) is 23.5. The number of hydrogen-bond acceptors (Lipinski definition) is 7. The second kappa shape index (κ2) is 10.3. The summed E-state index contributed by atoms with van der Waals surface area (Å²) in [6.07, 6.45) is 2.59. The van der Waals surface area contributed by atoms with E-state index in [2.05, 4.69) is 20.8 Å². The topological polar surface area (TPSA) is 127 Å². The molecule has 1 heterocycles. The van der Waals surface area contributed by atoms with Crippen LogP contribution in [-0.4, -0.2) is 33.3 Å². The Morgan fingerprint density at radius 3 is 2.53 bits per heavy atom. The Kier molecular flexibility index (Phi) is 7.05. The summed E-state index contributed by atoms with van der Waals surface area (Å²) in [5.74, 6) is -1.47. The molecular weight excluding hydrogens is 443 g/mol. The lowest BCUT2D eigenvalue weighted by Crippen LogP contribution is -2.27. The van der Waals surface area contributed by atoms with E-state index in [1.54, 1.807) is 43.3 Å². The second-order valence-corrected chi connectivity index (χ2v) is 8.26. The highest BCUT2D eigenvalue weighted by atomic mass is 19.1. The highest BCUT2D eigenvalue weighted by molar-refractivity contribution is 6.00. The van der Waals surface area contributed by atoms with Crippen LogP contribution in [-0.2, 0) is 11.3 Å². The molecular formula is C24H25FN4O5. The van der Waals surface area contributed by atoms with Crippen molar-refractivity contribution in [1.29, 1.82) is 0 Å². The Balaban J connectivity index is 1.26. The van der Waals surface area contributed by atoms with Gasteiger partial charge in [-0.3, -0.25) is 9.59 Å². The van der Waals surface area contributed by atoms with Crippen LogP contribution in [0.25, 0.3) is 0 Å². The average molecular weight is 468 g/mol. The second-order valence-electron chi connectivity index (χ2n) is 8.26. The molecule has 9 nitrogen and oxygen atoms in total. The van der Waals surface area contributed by atoms with Gasteiger partial charge in [0.2, 0.25) is 0 Å². The Hall–Kier alpha value is -3.95. The molecule has 1 fully saturated rings. The van der Waals surface area contributed by atoms with Crippen molar-refractivity contribution in [3.05, 3.63) is 65.3 Å². The Bertz CT molecular complexity index is 1160. The predicted octanol–water partition coefficient (Wildman–Crippen LogP) is 4.40. The first-order valence-electron chi connectivity index (χ1n) is 11.0. The molecule has 1 aliphatic carbocycles. The summed E-state index contributed by atoms with van der Waals surface area (Å²) in [5, 5.41) is 22.2. The van der Waals surface area contributed by atoms with Crippen molar-refractivity contribution in [3.63, 3.8) is 0 Å². The number of carboxylic acid groups (broad SMARTS) is 1. The molecule has 0 radical (unpaired) electrons. The van der Waals surface area contributed by atoms with E-state index in [9.17, 15) is 14.0 Å². The number of carboxylic acids is 1. The zero-order valence-electron chi connectivity index (χ0n) is 18.6. The molecule has 0 saturated heterocycles. The third-order valence-electron chi connectivity index (χ3n) is 5.74. The van der Waals surface area contributed by atoms with E-state index < -0.39 is 11.9 Å². The number of aromatic nitrogens is 2. The van der Waals surface area contributed by atoms with Crippen molar-refractivity contribution in [2.45, 2.75) is 45.3 Å². The molecule has 0 atom stereocenters. The highest BCUT2D eigenvalue weighted by Crippen LogP contribution is 2.28. The lowest BCUT2D eigenvalue weighted by Gasteiger charge is -2.26.